The molecule has 2 nitrogen and oxygen atoms in total. The topological polar surface area (TPSA) is 26.3 Å². The van der Waals surface area contributed by atoms with Crippen LogP contribution in [0.25, 0.3) is 0 Å². The Kier molecular flexibility index (Phi) is 5.24. The summed E-state index contributed by atoms with van der Waals surface area (Å²) in [5.74, 6) is 1.67. The van der Waals surface area contributed by atoms with Crippen molar-refractivity contribution in [3.63, 3.8) is 0 Å². The van der Waals surface area contributed by atoms with E-state index in [2.05, 4.69) is 34.6 Å². The van der Waals surface area contributed by atoms with Gasteiger partial charge in [-0.3, -0.25) is 4.79 Å². The molecule has 0 spiro atoms. The van der Waals surface area contributed by atoms with Crippen molar-refractivity contribution in [2.75, 3.05) is 0 Å². The number of esters is 1. The van der Waals surface area contributed by atoms with Crippen LogP contribution in [0.1, 0.15) is 67.2 Å². The number of hydrogen-bond donors (Lipinski definition) is 0. The number of carbonyl (C=O) groups excluding carboxylic acids is 1. The molecule has 18 heavy (non-hydrogen) atoms. The van der Waals surface area contributed by atoms with Crippen molar-refractivity contribution in [2.45, 2.75) is 72.8 Å². The fraction of sp³-hybridized carbons (Fsp3) is 0.938. The number of rotatable bonds is 4. The number of ether oxygens (including phenoxy) is 1. The SMILES string of the molecule is CC1CCC(C(C)(C)OC(=O)C(C)C(C)C)CC1. The molecule has 0 N–H and O–H groups in total. The molecule has 0 saturated heterocycles. The van der Waals surface area contributed by atoms with Crippen molar-refractivity contribution in [2.24, 2.45) is 23.7 Å². The van der Waals surface area contributed by atoms with Crippen LogP contribution in [0.5, 0.6) is 0 Å². The Morgan fingerprint density at radius 2 is 1.61 bits per heavy atom. The van der Waals surface area contributed by atoms with Gasteiger partial charge in [-0.25, -0.2) is 0 Å². The Labute approximate surface area is 112 Å². The molecule has 1 saturated carbocycles. The molecule has 0 aliphatic heterocycles. The summed E-state index contributed by atoms with van der Waals surface area (Å²) in [6, 6.07) is 0. The lowest BCUT2D eigenvalue weighted by atomic mass is 9.75. The molecule has 1 unspecified atom stereocenters. The van der Waals surface area contributed by atoms with Crippen LogP contribution in [0.2, 0.25) is 0 Å². The molecule has 0 radical (unpaired) electrons. The second kappa shape index (κ2) is 6.08. The normalized spacial score (nSPS) is 27.1. The minimum Gasteiger partial charge on any atom is -0.459 e. The Morgan fingerprint density at radius 3 is 2.06 bits per heavy atom. The molecule has 1 fully saturated rings. The summed E-state index contributed by atoms with van der Waals surface area (Å²) in [4.78, 5) is 12.1. The molecule has 106 valence electrons. The zero-order valence-corrected chi connectivity index (χ0v) is 13.0. The molecule has 0 aromatic heterocycles. The Bertz CT molecular complexity index is 273. The van der Waals surface area contributed by atoms with Crippen LogP contribution in [0.4, 0.5) is 0 Å². The van der Waals surface area contributed by atoms with E-state index in [1.165, 1.54) is 25.7 Å². The quantitative estimate of drug-likeness (QED) is 0.694. The molecule has 1 atom stereocenters. The number of hydrogen-bond acceptors (Lipinski definition) is 2. The highest BCUT2D eigenvalue weighted by Gasteiger charge is 2.36. The Balaban J connectivity index is 2.56. The van der Waals surface area contributed by atoms with Crippen molar-refractivity contribution >= 4 is 5.97 Å². The van der Waals surface area contributed by atoms with Crippen LogP contribution in [0.3, 0.4) is 0 Å². The van der Waals surface area contributed by atoms with Gasteiger partial charge in [0, 0.05) is 0 Å². The highest BCUT2D eigenvalue weighted by atomic mass is 16.6. The molecule has 1 rings (SSSR count). The molecule has 0 aromatic carbocycles. The van der Waals surface area contributed by atoms with Gasteiger partial charge in [-0.1, -0.05) is 40.5 Å². The zero-order valence-electron chi connectivity index (χ0n) is 13.0. The van der Waals surface area contributed by atoms with Gasteiger partial charge in [0.05, 0.1) is 5.92 Å². The van der Waals surface area contributed by atoms with Gasteiger partial charge in [-0.2, -0.15) is 0 Å². The lowest BCUT2D eigenvalue weighted by Gasteiger charge is -2.38. The predicted molar refractivity (Wildman–Crippen MR) is 75.3 cm³/mol. The molecule has 0 amide bonds. The lowest BCUT2D eigenvalue weighted by Crippen LogP contribution is -2.40. The van der Waals surface area contributed by atoms with Crippen molar-refractivity contribution in [1.29, 1.82) is 0 Å². The van der Waals surface area contributed by atoms with E-state index in [1.807, 2.05) is 6.92 Å². The fourth-order valence-electron chi connectivity index (χ4n) is 2.66. The van der Waals surface area contributed by atoms with E-state index >= 15 is 0 Å². The average molecular weight is 254 g/mol. The first kappa shape index (κ1) is 15.5. The minimum absolute atomic E-state index is 0.00760. The van der Waals surface area contributed by atoms with Crippen LogP contribution in [-0.2, 0) is 9.53 Å². The first-order valence-electron chi connectivity index (χ1n) is 7.47. The predicted octanol–water partition coefficient (Wildman–Crippen LogP) is 4.43. The van der Waals surface area contributed by atoms with Crippen molar-refractivity contribution < 1.29 is 9.53 Å². The maximum Gasteiger partial charge on any atom is 0.309 e. The summed E-state index contributed by atoms with van der Waals surface area (Å²) in [7, 11) is 0. The largest absolute Gasteiger partial charge is 0.459 e. The molecule has 0 bridgehead atoms. The molecule has 1 aliphatic rings. The maximum atomic E-state index is 12.1. The second-order valence-corrected chi connectivity index (χ2v) is 7.01. The smallest absolute Gasteiger partial charge is 0.309 e. The first-order chi connectivity index (χ1) is 8.24. The second-order valence-electron chi connectivity index (χ2n) is 7.01. The van der Waals surface area contributed by atoms with Crippen LogP contribution in [-0.4, -0.2) is 11.6 Å². The Morgan fingerprint density at radius 1 is 1.11 bits per heavy atom. The van der Waals surface area contributed by atoms with Crippen LogP contribution >= 0.6 is 0 Å². The van der Waals surface area contributed by atoms with E-state index in [4.69, 9.17) is 4.74 Å². The maximum absolute atomic E-state index is 12.1. The van der Waals surface area contributed by atoms with Gasteiger partial charge in [0.25, 0.3) is 0 Å². The Hall–Kier alpha value is -0.530. The molecule has 0 aromatic rings. The van der Waals surface area contributed by atoms with Crippen molar-refractivity contribution in [3.05, 3.63) is 0 Å². The van der Waals surface area contributed by atoms with Gasteiger partial charge < -0.3 is 4.74 Å². The molecular weight excluding hydrogens is 224 g/mol. The fourth-order valence-corrected chi connectivity index (χ4v) is 2.66. The van der Waals surface area contributed by atoms with Crippen molar-refractivity contribution in [3.8, 4) is 0 Å². The van der Waals surface area contributed by atoms with Gasteiger partial charge in [0.15, 0.2) is 0 Å². The summed E-state index contributed by atoms with van der Waals surface area (Å²) in [6.45, 7) is 12.6. The summed E-state index contributed by atoms with van der Waals surface area (Å²) >= 11 is 0. The van der Waals surface area contributed by atoms with Gasteiger partial charge in [0.1, 0.15) is 5.60 Å². The van der Waals surface area contributed by atoms with E-state index < -0.39 is 0 Å². The van der Waals surface area contributed by atoms with E-state index in [9.17, 15) is 4.79 Å². The summed E-state index contributed by atoms with van der Waals surface area (Å²) in [5.41, 5.74) is -0.305. The standard InChI is InChI=1S/C16H30O2/c1-11(2)13(4)15(17)18-16(5,6)14-9-7-12(3)8-10-14/h11-14H,7-10H2,1-6H3. The molecule has 0 heterocycles. The van der Waals surface area contributed by atoms with E-state index in [-0.39, 0.29) is 17.5 Å². The highest BCUT2D eigenvalue weighted by Crippen LogP contribution is 2.37. The zero-order chi connectivity index (χ0) is 13.9. The third-order valence-corrected chi connectivity index (χ3v) is 4.73. The van der Waals surface area contributed by atoms with Gasteiger partial charge in [-0.05, 0) is 44.4 Å². The van der Waals surface area contributed by atoms with Crippen molar-refractivity contribution in [1.82, 2.24) is 0 Å². The van der Waals surface area contributed by atoms with E-state index in [0.29, 0.717) is 11.8 Å². The summed E-state index contributed by atoms with van der Waals surface area (Å²) in [6.07, 6.45) is 4.92. The molecule has 2 heteroatoms. The molecule has 1 aliphatic carbocycles. The third-order valence-electron chi connectivity index (χ3n) is 4.73. The average Bonchev–Trinajstić information content (AvgIpc) is 2.27. The minimum atomic E-state index is -0.305. The monoisotopic (exact) mass is 254 g/mol. The van der Waals surface area contributed by atoms with Gasteiger partial charge in [-0.15, -0.1) is 0 Å². The number of carbonyl (C=O) groups is 1. The highest BCUT2D eigenvalue weighted by molar-refractivity contribution is 5.72. The first-order valence-corrected chi connectivity index (χ1v) is 7.47. The van der Waals surface area contributed by atoms with Gasteiger partial charge >= 0.3 is 5.97 Å². The lowest BCUT2D eigenvalue weighted by molar-refractivity contribution is -0.169. The summed E-state index contributed by atoms with van der Waals surface area (Å²) in [5, 5.41) is 0. The van der Waals surface area contributed by atoms with Crippen LogP contribution in [0.15, 0.2) is 0 Å². The van der Waals surface area contributed by atoms with E-state index in [0.717, 1.165) is 5.92 Å². The van der Waals surface area contributed by atoms with Crippen LogP contribution < -0.4 is 0 Å². The third kappa shape index (κ3) is 4.00. The summed E-state index contributed by atoms with van der Waals surface area (Å²) < 4.78 is 5.80. The van der Waals surface area contributed by atoms with Crippen LogP contribution in [0, 0.1) is 23.7 Å². The van der Waals surface area contributed by atoms with E-state index in [1.54, 1.807) is 0 Å². The van der Waals surface area contributed by atoms with Gasteiger partial charge in [0.2, 0.25) is 0 Å². The molecular formula is C16H30O2.